The van der Waals surface area contributed by atoms with Crippen molar-refractivity contribution in [3.05, 3.63) is 23.2 Å². The lowest BCUT2D eigenvalue weighted by atomic mass is 9.91. The number of nitrogens with one attached hydrogen (secondary N) is 1. The van der Waals surface area contributed by atoms with E-state index in [1.54, 1.807) is 0 Å². The van der Waals surface area contributed by atoms with Crippen LogP contribution in [-0.2, 0) is 0 Å². The van der Waals surface area contributed by atoms with E-state index in [4.69, 9.17) is 22.1 Å². The topological polar surface area (TPSA) is 47.3 Å². The van der Waals surface area contributed by atoms with E-state index < -0.39 is 0 Å². The van der Waals surface area contributed by atoms with Crippen LogP contribution in [-0.4, -0.2) is 18.2 Å². The molecule has 0 spiro atoms. The monoisotopic (exact) mass is 282 g/mol. The molecule has 4 heteroatoms. The molecule has 3 nitrogen and oxygen atoms in total. The van der Waals surface area contributed by atoms with Crippen molar-refractivity contribution in [2.45, 2.75) is 57.7 Å². The van der Waals surface area contributed by atoms with Crippen molar-refractivity contribution in [3.63, 3.8) is 0 Å². The number of hydrogen-bond donors (Lipinski definition) is 2. The van der Waals surface area contributed by atoms with E-state index in [2.05, 4.69) is 5.32 Å². The van der Waals surface area contributed by atoms with Crippen LogP contribution in [0.4, 0.5) is 5.69 Å². The van der Waals surface area contributed by atoms with E-state index in [1.165, 1.54) is 12.8 Å². The minimum Gasteiger partial charge on any atom is -0.489 e. The minimum absolute atomic E-state index is 0.132. The first-order valence-corrected chi connectivity index (χ1v) is 7.40. The van der Waals surface area contributed by atoms with Gasteiger partial charge in [0, 0.05) is 17.8 Å². The Hall–Kier alpha value is -0.930. The van der Waals surface area contributed by atoms with Crippen molar-refractivity contribution < 1.29 is 4.74 Å². The third kappa shape index (κ3) is 4.29. The molecule has 2 rings (SSSR count). The molecule has 1 aromatic rings. The molecule has 0 radical (unpaired) electrons. The molecule has 1 fully saturated rings. The number of rotatable bonds is 4. The van der Waals surface area contributed by atoms with E-state index in [-0.39, 0.29) is 6.10 Å². The maximum atomic E-state index is 6.23. The van der Waals surface area contributed by atoms with Gasteiger partial charge in [0.15, 0.2) is 0 Å². The van der Waals surface area contributed by atoms with E-state index in [9.17, 15) is 0 Å². The predicted molar refractivity (Wildman–Crippen MR) is 81.1 cm³/mol. The summed E-state index contributed by atoms with van der Waals surface area (Å²) in [5.74, 6) is 0.738. The number of nitrogens with two attached hydrogens (primary N) is 1. The summed E-state index contributed by atoms with van der Waals surface area (Å²) in [6.07, 6.45) is 4.67. The maximum Gasteiger partial charge on any atom is 0.138 e. The average Bonchev–Trinajstić information content (AvgIpc) is 2.32. The molecule has 106 valence electrons. The van der Waals surface area contributed by atoms with Crippen LogP contribution in [0.2, 0.25) is 5.02 Å². The maximum absolute atomic E-state index is 6.23. The SMILES string of the molecule is CC(C)Oc1ccc(NC2CCCC(N)C2)cc1Cl. The molecular formula is C15H23ClN2O. The second-order valence-corrected chi connectivity index (χ2v) is 5.99. The summed E-state index contributed by atoms with van der Waals surface area (Å²) in [5.41, 5.74) is 7.04. The summed E-state index contributed by atoms with van der Waals surface area (Å²) in [6, 6.07) is 6.65. The van der Waals surface area contributed by atoms with Crippen LogP contribution >= 0.6 is 11.6 Å². The van der Waals surface area contributed by atoms with Crippen molar-refractivity contribution in [1.29, 1.82) is 0 Å². The molecule has 0 aromatic heterocycles. The quantitative estimate of drug-likeness (QED) is 0.883. The predicted octanol–water partition coefficient (Wildman–Crippen LogP) is 3.81. The summed E-state index contributed by atoms with van der Waals surface area (Å²) in [7, 11) is 0. The van der Waals surface area contributed by atoms with Crippen LogP contribution in [0.5, 0.6) is 5.75 Å². The summed E-state index contributed by atoms with van der Waals surface area (Å²) in [6.45, 7) is 3.98. The summed E-state index contributed by atoms with van der Waals surface area (Å²) in [5, 5.41) is 4.16. The molecule has 1 aliphatic rings. The van der Waals surface area contributed by atoms with Crippen LogP contribution < -0.4 is 15.8 Å². The molecule has 19 heavy (non-hydrogen) atoms. The number of ether oxygens (including phenoxy) is 1. The Labute approximate surface area is 120 Å². The highest BCUT2D eigenvalue weighted by Crippen LogP contribution is 2.30. The van der Waals surface area contributed by atoms with Gasteiger partial charge in [0.2, 0.25) is 0 Å². The first-order valence-electron chi connectivity index (χ1n) is 7.03. The van der Waals surface area contributed by atoms with Crippen molar-refractivity contribution >= 4 is 17.3 Å². The molecule has 2 unspecified atom stereocenters. The highest BCUT2D eigenvalue weighted by atomic mass is 35.5. The Morgan fingerprint density at radius 2 is 2.16 bits per heavy atom. The zero-order chi connectivity index (χ0) is 13.8. The Kier molecular flexibility index (Phi) is 4.94. The summed E-state index contributed by atoms with van der Waals surface area (Å²) >= 11 is 6.23. The lowest BCUT2D eigenvalue weighted by Gasteiger charge is -2.28. The highest BCUT2D eigenvalue weighted by Gasteiger charge is 2.19. The van der Waals surface area contributed by atoms with Gasteiger partial charge in [-0.2, -0.15) is 0 Å². The van der Waals surface area contributed by atoms with E-state index >= 15 is 0 Å². The molecule has 0 amide bonds. The van der Waals surface area contributed by atoms with Crippen molar-refractivity contribution in [2.24, 2.45) is 5.73 Å². The normalized spacial score (nSPS) is 23.4. The number of halogens is 1. The number of benzene rings is 1. The largest absolute Gasteiger partial charge is 0.489 e. The summed E-state index contributed by atoms with van der Waals surface area (Å²) in [4.78, 5) is 0. The van der Waals surface area contributed by atoms with Gasteiger partial charge in [0.1, 0.15) is 5.75 Å². The second-order valence-electron chi connectivity index (χ2n) is 5.58. The molecule has 1 aromatic carbocycles. The van der Waals surface area contributed by atoms with E-state index in [0.717, 1.165) is 24.3 Å². The third-order valence-corrected chi connectivity index (χ3v) is 3.68. The van der Waals surface area contributed by atoms with Crippen molar-refractivity contribution in [2.75, 3.05) is 5.32 Å². The van der Waals surface area contributed by atoms with Gasteiger partial charge in [0.05, 0.1) is 11.1 Å². The molecular weight excluding hydrogens is 260 g/mol. The second kappa shape index (κ2) is 6.49. The summed E-state index contributed by atoms with van der Waals surface area (Å²) < 4.78 is 5.63. The minimum atomic E-state index is 0.132. The van der Waals surface area contributed by atoms with E-state index in [0.29, 0.717) is 17.1 Å². The lowest BCUT2D eigenvalue weighted by molar-refractivity contribution is 0.242. The van der Waals surface area contributed by atoms with Gasteiger partial charge >= 0.3 is 0 Å². The fourth-order valence-corrected chi connectivity index (χ4v) is 2.76. The smallest absolute Gasteiger partial charge is 0.138 e. The molecule has 1 aliphatic carbocycles. The molecule has 1 saturated carbocycles. The van der Waals surface area contributed by atoms with Crippen LogP contribution in [0.1, 0.15) is 39.5 Å². The molecule has 0 aliphatic heterocycles. The van der Waals surface area contributed by atoms with Gasteiger partial charge in [-0.15, -0.1) is 0 Å². The van der Waals surface area contributed by atoms with Gasteiger partial charge < -0.3 is 15.8 Å². The lowest BCUT2D eigenvalue weighted by Crippen LogP contribution is -2.34. The Bertz CT molecular complexity index is 423. The van der Waals surface area contributed by atoms with Gasteiger partial charge in [-0.1, -0.05) is 11.6 Å². The fraction of sp³-hybridized carbons (Fsp3) is 0.600. The first-order chi connectivity index (χ1) is 9.04. The Morgan fingerprint density at radius 1 is 1.37 bits per heavy atom. The van der Waals surface area contributed by atoms with Gasteiger partial charge in [0.25, 0.3) is 0 Å². The number of hydrogen-bond acceptors (Lipinski definition) is 3. The Morgan fingerprint density at radius 3 is 2.79 bits per heavy atom. The molecule has 2 atom stereocenters. The molecule has 0 saturated heterocycles. The standard InChI is InChI=1S/C15H23ClN2O/c1-10(2)19-15-7-6-13(9-14(15)16)18-12-5-3-4-11(17)8-12/h6-7,9-12,18H,3-5,8,17H2,1-2H3. The van der Waals surface area contributed by atoms with Crippen molar-refractivity contribution in [3.8, 4) is 5.75 Å². The highest BCUT2D eigenvalue weighted by molar-refractivity contribution is 6.32. The molecule has 3 N–H and O–H groups in total. The molecule has 0 bridgehead atoms. The van der Waals surface area contributed by atoms with Crippen LogP contribution in [0.3, 0.4) is 0 Å². The third-order valence-electron chi connectivity index (χ3n) is 3.38. The number of anilines is 1. The van der Waals surface area contributed by atoms with Crippen LogP contribution in [0.25, 0.3) is 0 Å². The molecule has 0 heterocycles. The van der Waals surface area contributed by atoms with Crippen LogP contribution in [0, 0.1) is 0 Å². The van der Waals surface area contributed by atoms with Gasteiger partial charge in [-0.05, 0) is 57.7 Å². The fourth-order valence-electron chi connectivity index (χ4n) is 2.53. The zero-order valence-electron chi connectivity index (χ0n) is 11.7. The average molecular weight is 283 g/mol. The zero-order valence-corrected chi connectivity index (χ0v) is 12.4. The van der Waals surface area contributed by atoms with Gasteiger partial charge in [-0.3, -0.25) is 0 Å². The first kappa shape index (κ1) is 14.5. The van der Waals surface area contributed by atoms with Gasteiger partial charge in [-0.25, -0.2) is 0 Å². The van der Waals surface area contributed by atoms with E-state index in [1.807, 2.05) is 32.0 Å². The van der Waals surface area contributed by atoms with Crippen molar-refractivity contribution in [1.82, 2.24) is 0 Å². The Balaban J connectivity index is 1.99. The van der Waals surface area contributed by atoms with Crippen LogP contribution in [0.15, 0.2) is 18.2 Å².